The van der Waals surface area contributed by atoms with E-state index < -0.39 is 5.92 Å². The highest BCUT2D eigenvalue weighted by molar-refractivity contribution is 6.02. The Morgan fingerprint density at radius 2 is 1.10 bits per heavy atom. The van der Waals surface area contributed by atoms with E-state index >= 15 is 0 Å². The summed E-state index contributed by atoms with van der Waals surface area (Å²) in [5, 5.41) is 0. The first kappa shape index (κ1) is 29.7. The minimum atomic E-state index is -0.674. The van der Waals surface area contributed by atoms with Gasteiger partial charge >= 0.3 is 0 Å². The molecule has 1 unspecified atom stereocenters. The van der Waals surface area contributed by atoms with Gasteiger partial charge in [0.25, 0.3) is 0 Å². The number of carbonyl (C=O) groups is 2. The summed E-state index contributed by atoms with van der Waals surface area (Å²) in [6.07, 6.45) is 22.2. The molecule has 0 saturated carbocycles. The highest BCUT2D eigenvalue weighted by atomic mass is 16.2. The number of hydrogen-bond donors (Lipinski definition) is 0. The molecule has 0 aromatic heterocycles. The van der Waals surface area contributed by atoms with E-state index in [2.05, 4.69) is 26.8 Å². The van der Waals surface area contributed by atoms with Crippen LogP contribution in [0.3, 0.4) is 0 Å². The van der Waals surface area contributed by atoms with Gasteiger partial charge in [-0.1, -0.05) is 104 Å². The third kappa shape index (κ3) is 15.2. The molecule has 0 aromatic rings. The molecule has 0 radical (unpaired) electrons. The SMILES string of the molecule is CCCCCCCCCCCC/C=C/C(C(=O)N(C)C)C(=O)N(CCCC)CCCC. The molecule has 0 heterocycles. The Morgan fingerprint density at radius 1 is 0.645 bits per heavy atom. The molecule has 2 amide bonds. The first-order valence-electron chi connectivity index (χ1n) is 13.2. The van der Waals surface area contributed by atoms with Gasteiger partial charge in [-0.3, -0.25) is 9.59 Å². The van der Waals surface area contributed by atoms with Gasteiger partial charge in [-0.2, -0.15) is 0 Å². The molecule has 0 fully saturated rings. The Bertz CT molecular complexity index is 466. The lowest BCUT2D eigenvalue weighted by Gasteiger charge is -2.27. The standard InChI is InChI=1S/C27H52N2O2/c1-6-9-12-13-14-15-16-17-18-19-20-21-22-25(26(30)28(4)5)27(31)29(23-10-7-2)24-11-8-3/h21-22,25H,6-20,23-24H2,1-5H3/b22-21+. The van der Waals surface area contributed by atoms with Crippen molar-refractivity contribution in [3.8, 4) is 0 Å². The van der Waals surface area contributed by atoms with Gasteiger partial charge < -0.3 is 9.80 Å². The van der Waals surface area contributed by atoms with Crippen molar-refractivity contribution in [2.45, 2.75) is 117 Å². The van der Waals surface area contributed by atoms with Crippen LogP contribution < -0.4 is 0 Å². The van der Waals surface area contributed by atoms with Crippen molar-refractivity contribution < 1.29 is 9.59 Å². The second-order valence-corrected chi connectivity index (χ2v) is 9.14. The number of allylic oxidation sites excluding steroid dienone is 1. The van der Waals surface area contributed by atoms with Gasteiger partial charge in [0.2, 0.25) is 11.8 Å². The van der Waals surface area contributed by atoms with Gasteiger partial charge in [-0.15, -0.1) is 0 Å². The predicted octanol–water partition coefficient (Wildman–Crippen LogP) is 6.99. The molecule has 1 atom stereocenters. The molecule has 4 nitrogen and oxygen atoms in total. The van der Waals surface area contributed by atoms with Crippen LogP contribution in [0, 0.1) is 5.92 Å². The van der Waals surface area contributed by atoms with Crippen molar-refractivity contribution in [3.05, 3.63) is 12.2 Å². The Morgan fingerprint density at radius 3 is 1.55 bits per heavy atom. The smallest absolute Gasteiger partial charge is 0.239 e. The first-order chi connectivity index (χ1) is 15.0. The molecule has 0 aliphatic rings. The lowest BCUT2D eigenvalue weighted by atomic mass is 10.0. The molecule has 182 valence electrons. The Balaban J connectivity index is 4.48. The number of amides is 2. The molecule has 0 N–H and O–H groups in total. The van der Waals surface area contributed by atoms with Gasteiger partial charge in [0, 0.05) is 27.2 Å². The third-order valence-electron chi connectivity index (χ3n) is 5.90. The second kappa shape index (κ2) is 20.6. The number of nitrogens with zero attached hydrogens (tertiary/aromatic N) is 2. The normalized spacial score (nSPS) is 12.3. The van der Waals surface area contributed by atoms with Crippen LogP contribution in [0.4, 0.5) is 0 Å². The van der Waals surface area contributed by atoms with Crippen LogP contribution in [0.2, 0.25) is 0 Å². The van der Waals surface area contributed by atoms with Crippen LogP contribution in [0.25, 0.3) is 0 Å². The maximum atomic E-state index is 13.2. The van der Waals surface area contributed by atoms with Crippen molar-refractivity contribution in [1.29, 1.82) is 0 Å². The van der Waals surface area contributed by atoms with Crippen LogP contribution >= 0.6 is 0 Å². The second-order valence-electron chi connectivity index (χ2n) is 9.14. The van der Waals surface area contributed by atoms with Gasteiger partial charge in [-0.25, -0.2) is 0 Å². The zero-order chi connectivity index (χ0) is 23.3. The van der Waals surface area contributed by atoms with Crippen molar-refractivity contribution >= 4 is 11.8 Å². The zero-order valence-corrected chi connectivity index (χ0v) is 21.5. The summed E-state index contributed by atoms with van der Waals surface area (Å²) in [5.41, 5.74) is 0. The topological polar surface area (TPSA) is 40.6 Å². The molecule has 4 heteroatoms. The number of hydrogen-bond acceptors (Lipinski definition) is 2. The predicted molar refractivity (Wildman–Crippen MR) is 134 cm³/mol. The summed E-state index contributed by atoms with van der Waals surface area (Å²) in [7, 11) is 3.47. The van der Waals surface area contributed by atoms with Gasteiger partial charge in [0.1, 0.15) is 5.92 Å². The summed E-state index contributed by atoms with van der Waals surface area (Å²) in [6, 6.07) is 0. The summed E-state index contributed by atoms with van der Waals surface area (Å²) in [5.74, 6) is -0.811. The molecule has 0 spiro atoms. The largest absolute Gasteiger partial charge is 0.348 e. The lowest BCUT2D eigenvalue weighted by Crippen LogP contribution is -2.43. The average molecular weight is 437 g/mol. The fourth-order valence-electron chi connectivity index (χ4n) is 3.76. The van der Waals surface area contributed by atoms with Gasteiger partial charge in [0.15, 0.2) is 0 Å². The van der Waals surface area contributed by atoms with E-state index in [1.807, 2.05) is 11.0 Å². The summed E-state index contributed by atoms with van der Waals surface area (Å²) < 4.78 is 0. The number of carbonyl (C=O) groups excluding carboxylic acids is 2. The monoisotopic (exact) mass is 436 g/mol. The molecule has 0 rings (SSSR count). The minimum absolute atomic E-state index is 0.0278. The molecule has 0 aromatic carbocycles. The van der Waals surface area contributed by atoms with Crippen molar-refractivity contribution in [2.75, 3.05) is 27.2 Å². The lowest BCUT2D eigenvalue weighted by molar-refractivity contribution is -0.143. The molecular formula is C27H52N2O2. The number of unbranched alkanes of at least 4 members (excludes halogenated alkanes) is 12. The van der Waals surface area contributed by atoms with Crippen LogP contribution in [0.15, 0.2) is 12.2 Å². The number of rotatable bonds is 20. The molecular weight excluding hydrogens is 384 g/mol. The van der Waals surface area contributed by atoms with E-state index in [1.54, 1.807) is 19.0 Å². The van der Waals surface area contributed by atoms with Crippen LogP contribution in [-0.4, -0.2) is 48.8 Å². The quantitative estimate of drug-likeness (QED) is 0.117. The fourth-order valence-corrected chi connectivity index (χ4v) is 3.76. The molecule has 0 saturated heterocycles. The van der Waals surface area contributed by atoms with E-state index in [0.717, 1.165) is 51.6 Å². The van der Waals surface area contributed by atoms with Crippen LogP contribution in [-0.2, 0) is 9.59 Å². The van der Waals surface area contributed by atoms with E-state index in [1.165, 1.54) is 57.8 Å². The summed E-state index contributed by atoms with van der Waals surface area (Å²) in [6.45, 7) is 8.03. The maximum absolute atomic E-state index is 13.2. The van der Waals surface area contributed by atoms with Crippen LogP contribution in [0.5, 0.6) is 0 Å². The average Bonchev–Trinajstić information content (AvgIpc) is 2.76. The highest BCUT2D eigenvalue weighted by Gasteiger charge is 2.29. The third-order valence-corrected chi connectivity index (χ3v) is 5.90. The Kier molecular flexibility index (Phi) is 19.7. The first-order valence-corrected chi connectivity index (χ1v) is 13.2. The summed E-state index contributed by atoms with van der Waals surface area (Å²) in [4.78, 5) is 29.3. The Hall–Kier alpha value is -1.32. The van der Waals surface area contributed by atoms with Crippen molar-refractivity contribution in [2.24, 2.45) is 5.92 Å². The van der Waals surface area contributed by atoms with E-state index in [9.17, 15) is 9.59 Å². The minimum Gasteiger partial charge on any atom is -0.348 e. The molecule has 0 bridgehead atoms. The molecule has 0 aliphatic carbocycles. The summed E-state index contributed by atoms with van der Waals surface area (Å²) >= 11 is 0. The highest BCUT2D eigenvalue weighted by Crippen LogP contribution is 2.14. The van der Waals surface area contributed by atoms with E-state index in [4.69, 9.17) is 0 Å². The van der Waals surface area contributed by atoms with Gasteiger partial charge in [0.05, 0.1) is 0 Å². The fraction of sp³-hybridized carbons (Fsp3) is 0.852. The van der Waals surface area contributed by atoms with E-state index in [-0.39, 0.29) is 11.8 Å². The van der Waals surface area contributed by atoms with E-state index in [0.29, 0.717) is 0 Å². The molecule has 31 heavy (non-hydrogen) atoms. The van der Waals surface area contributed by atoms with Crippen LogP contribution in [0.1, 0.15) is 117 Å². The van der Waals surface area contributed by atoms with Crippen molar-refractivity contribution in [3.63, 3.8) is 0 Å². The van der Waals surface area contributed by atoms with Crippen molar-refractivity contribution in [1.82, 2.24) is 9.80 Å². The van der Waals surface area contributed by atoms with Gasteiger partial charge in [-0.05, 0) is 25.7 Å². The maximum Gasteiger partial charge on any atom is 0.239 e. The Labute approximate surface area is 193 Å². The molecule has 0 aliphatic heterocycles. The zero-order valence-electron chi connectivity index (χ0n) is 21.5.